The van der Waals surface area contributed by atoms with Crippen molar-refractivity contribution in [1.82, 2.24) is 9.97 Å². The minimum absolute atomic E-state index is 0.279. The molecule has 9 nitrogen and oxygen atoms in total. The van der Waals surface area contributed by atoms with Crippen molar-refractivity contribution in [3.05, 3.63) is 47.5 Å². The monoisotopic (exact) mass is 454 g/mol. The smallest absolute Gasteiger partial charge is 0.340 e. The van der Waals surface area contributed by atoms with Gasteiger partial charge in [0.15, 0.2) is 11.7 Å². The van der Waals surface area contributed by atoms with Crippen molar-refractivity contribution >= 4 is 34.2 Å². The Morgan fingerprint density at radius 2 is 2.00 bits per heavy atom. The van der Waals surface area contributed by atoms with Crippen LogP contribution in [0.3, 0.4) is 0 Å². The van der Waals surface area contributed by atoms with Gasteiger partial charge < -0.3 is 19.5 Å². The highest BCUT2D eigenvalue weighted by Crippen LogP contribution is 2.35. The highest BCUT2D eigenvalue weighted by Gasteiger charge is 2.21. The van der Waals surface area contributed by atoms with E-state index in [9.17, 15) is 9.59 Å². The molecule has 1 aromatic carbocycles. The first-order chi connectivity index (χ1) is 15.6. The largest absolute Gasteiger partial charge is 0.497 e. The molecule has 0 radical (unpaired) electrons. The molecule has 0 saturated heterocycles. The van der Waals surface area contributed by atoms with Gasteiger partial charge in [-0.15, -0.1) is 11.3 Å². The number of thiazole rings is 1. The number of pyridine rings is 1. The normalized spacial score (nSPS) is 12.7. The van der Waals surface area contributed by atoms with E-state index >= 15 is 0 Å². The number of hydrogen-bond acceptors (Lipinski definition) is 9. The lowest BCUT2D eigenvalue weighted by Gasteiger charge is -2.08. The zero-order chi connectivity index (χ0) is 22.5. The predicted octanol–water partition coefficient (Wildman–Crippen LogP) is 3.59. The van der Waals surface area contributed by atoms with Gasteiger partial charge in [0.05, 0.1) is 25.5 Å². The van der Waals surface area contributed by atoms with Crippen LogP contribution in [-0.2, 0) is 9.53 Å². The number of anilines is 2. The van der Waals surface area contributed by atoms with Gasteiger partial charge in [-0.25, -0.2) is 14.8 Å². The van der Waals surface area contributed by atoms with Gasteiger partial charge in [0.1, 0.15) is 17.3 Å². The number of benzene rings is 1. The number of carbonyl (C=O) groups is 2. The number of nitrogens with zero attached hydrogens (tertiary/aromatic N) is 2. The molecule has 0 unspecified atom stereocenters. The van der Waals surface area contributed by atoms with Gasteiger partial charge in [-0.1, -0.05) is 0 Å². The Morgan fingerprint density at radius 3 is 2.69 bits per heavy atom. The lowest BCUT2D eigenvalue weighted by atomic mass is 10.1. The number of carbonyl (C=O) groups excluding carboxylic acids is 2. The molecule has 0 atom stereocenters. The van der Waals surface area contributed by atoms with E-state index in [4.69, 9.17) is 14.2 Å². The minimum atomic E-state index is -0.619. The van der Waals surface area contributed by atoms with Gasteiger partial charge in [-0.05, 0) is 43.2 Å². The molecule has 2 N–H and O–H groups in total. The van der Waals surface area contributed by atoms with Crippen LogP contribution in [0.5, 0.6) is 11.5 Å². The fourth-order valence-electron chi connectivity index (χ4n) is 2.88. The molecule has 1 aliphatic carbocycles. The van der Waals surface area contributed by atoms with E-state index in [-0.39, 0.29) is 5.56 Å². The lowest BCUT2D eigenvalue weighted by Crippen LogP contribution is -2.21. The molecule has 10 heteroatoms. The topological polar surface area (TPSA) is 112 Å². The van der Waals surface area contributed by atoms with Crippen molar-refractivity contribution in [2.75, 3.05) is 31.5 Å². The van der Waals surface area contributed by atoms with Crippen molar-refractivity contribution in [3.63, 3.8) is 0 Å². The third kappa shape index (κ3) is 5.33. The van der Waals surface area contributed by atoms with E-state index in [1.165, 1.54) is 17.5 Å². The Balaban J connectivity index is 1.32. The molecule has 1 aliphatic rings. The van der Waals surface area contributed by atoms with Crippen molar-refractivity contribution < 1.29 is 23.8 Å². The molecule has 0 bridgehead atoms. The van der Waals surface area contributed by atoms with E-state index in [0.717, 1.165) is 18.4 Å². The van der Waals surface area contributed by atoms with Gasteiger partial charge in [0, 0.05) is 23.2 Å². The maximum atomic E-state index is 12.2. The third-order valence-electron chi connectivity index (χ3n) is 4.70. The van der Waals surface area contributed by atoms with Crippen LogP contribution in [0.2, 0.25) is 0 Å². The van der Waals surface area contributed by atoms with Crippen LogP contribution in [0.1, 0.15) is 23.2 Å². The number of nitrogens with one attached hydrogen (secondary N) is 2. The van der Waals surface area contributed by atoms with E-state index in [1.54, 1.807) is 49.9 Å². The summed E-state index contributed by atoms with van der Waals surface area (Å²) in [6.07, 6.45) is 3.70. The molecule has 1 saturated carbocycles. The summed E-state index contributed by atoms with van der Waals surface area (Å²) in [5.74, 6) is 0.907. The molecule has 3 aromatic rings. The van der Waals surface area contributed by atoms with E-state index in [0.29, 0.717) is 34.2 Å². The molecule has 4 rings (SSSR count). The van der Waals surface area contributed by atoms with Crippen LogP contribution >= 0.6 is 11.3 Å². The summed E-state index contributed by atoms with van der Waals surface area (Å²) in [5.41, 5.74) is 1.65. The van der Waals surface area contributed by atoms with E-state index in [1.807, 2.05) is 0 Å². The second-order valence-corrected chi connectivity index (χ2v) is 7.94. The van der Waals surface area contributed by atoms with Crippen molar-refractivity contribution in [3.8, 4) is 22.8 Å². The molecular formula is C22H22N4O5S. The molecular weight excluding hydrogens is 432 g/mol. The summed E-state index contributed by atoms with van der Waals surface area (Å²) in [6.45, 7) is -0.432. The van der Waals surface area contributed by atoms with Gasteiger partial charge >= 0.3 is 5.97 Å². The van der Waals surface area contributed by atoms with Crippen LogP contribution in [0, 0.1) is 0 Å². The summed E-state index contributed by atoms with van der Waals surface area (Å²) < 4.78 is 15.7. The highest BCUT2D eigenvalue weighted by atomic mass is 32.1. The Morgan fingerprint density at radius 1 is 1.16 bits per heavy atom. The molecule has 32 heavy (non-hydrogen) atoms. The summed E-state index contributed by atoms with van der Waals surface area (Å²) in [5, 5.41) is 8.05. The summed E-state index contributed by atoms with van der Waals surface area (Å²) in [7, 11) is 3.15. The van der Waals surface area contributed by atoms with Gasteiger partial charge in [0.25, 0.3) is 5.91 Å². The van der Waals surface area contributed by atoms with Crippen LogP contribution < -0.4 is 20.1 Å². The average Bonchev–Trinajstić information content (AvgIpc) is 3.52. The quantitative estimate of drug-likeness (QED) is 0.472. The predicted molar refractivity (Wildman–Crippen MR) is 120 cm³/mol. The molecule has 1 fully saturated rings. The molecule has 2 heterocycles. The zero-order valence-electron chi connectivity index (χ0n) is 17.6. The molecule has 166 valence electrons. The highest BCUT2D eigenvalue weighted by molar-refractivity contribution is 7.14. The second-order valence-electron chi connectivity index (χ2n) is 7.08. The molecule has 0 aliphatic heterocycles. The van der Waals surface area contributed by atoms with E-state index in [2.05, 4.69) is 20.6 Å². The second kappa shape index (κ2) is 9.65. The fraction of sp³-hybridized carbons (Fsp3) is 0.273. The number of hydrogen-bond donors (Lipinski definition) is 2. The number of rotatable bonds is 9. The number of amides is 1. The van der Waals surface area contributed by atoms with Gasteiger partial charge in [0.2, 0.25) is 0 Å². The minimum Gasteiger partial charge on any atom is -0.497 e. The number of esters is 1. The van der Waals surface area contributed by atoms with Crippen LogP contribution in [0.25, 0.3) is 11.3 Å². The first kappa shape index (κ1) is 21.6. The van der Waals surface area contributed by atoms with E-state index < -0.39 is 18.5 Å². The molecule has 1 amide bonds. The standard InChI is InChI=1S/C22H22N4O5S/c1-29-15-6-7-18(30-2)16(9-15)17-12-32-22(25-17)26-20(27)11-31-21(28)13-3-8-19(23-10-13)24-14-4-5-14/h3,6-10,12,14H,4-5,11H2,1-2H3,(H,23,24)(H,25,26,27). The first-order valence-electron chi connectivity index (χ1n) is 9.93. The first-order valence-corrected chi connectivity index (χ1v) is 10.8. The van der Waals surface area contributed by atoms with Gasteiger partial charge in [-0.2, -0.15) is 0 Å². The van der Waals surface area contributed by atoms with Crippen molar-refractivity contribution in [1.29, 1.82) is 0 Å². The number of ether oxygens (including phenoxy) is 3. The maximum Gasteiger partial charge on any atom is 0.340 e. The maximum absolute atomic E-state index is 12.2. The number of methoxy groups -OCH3 is 2. The Hall–Kier alpha value is -3.66. The Kier molecular flexibility index (Phi) is 6.50. The van der Waals surface area contributed by atoms with Crippen molar-refractivity contribution in [2.45, 2.75) is 18.9 Å². The van der Waals surface area contributed by atoms with Crippen molar-refractivity contribution in [2.24, 2.45) is 0 Å². The third-order valence-corrected chi connectivity index (χ3v) is 5.45. The molecule has 0 spiro atoms. The van der Waals surface area contributed by atoms with Crippen LogP contribution in [0.15, 0.2) is 41.9 Å². The SMILES string of the molecule is COc1ccc(OC)c(-c2csc(NC(=O)COC(=O)c3ccc(NC4CC4)nc3)n2)c1. The summed E-state index contributed by atoms with van der Waals surface area (Å²) in [6, 6.07) is 9.19. The number of aromatic nitrogens is 2. The summed E-state index contributed by atoms with van der Waals surface area (Å²) in [4.78, 5) is 33.0. The fourth-order valence-corrected chi connectivity index (χ4v) is 3.60. The lowest BCUT2D eigenvalue weighted by molar-refractivity contribution is -0.119. The molecule has 2 aromatic heterocycles. The Bertz CT molecular complexity index is 1110. The zero-order valence-corrected chi connectivity index (χ0v) is 18.4. The van der Waals surface area contributed by atoms with Gasteiger partial charge in [-0.3, -0.25) is 10.1 Å². The van der Waals surface area contributed by atoms with Crippen LogP contribution in [-0.4, -0.2) is 48.7 Å². The van der Waals surface area contributed by atoms with Crippen LogP contribution in [0.4, 0.5) is 10.9 Å². The Labute approximate surface area is 188 Å². The summed E-state index contributed by atoms with van der Waals surface area (Å²) >= 11 is 1.25. The average molecular weight is 455 g/mol.